The summed E-state index contributed by atoms with van der Waals surface area (Å²) >= 11 is 0. The molecular weight excluding hydrogens is 428 g/mol. The van der Waals surface area contributed by atoms with Gasteiger partial charge in [-0.1, -0.05) is 12.1 Å². The summed E-state index contributed by atoms with van der Waals surface area (Å²) in [5, 5.41) is 16.0. The third kappa shape index (κ3) is 3.20. The highest BCUT2D eigenvalue weighted by molar-refractivity contribution is 7.89. The van der Waals surface area contributed by atoms with Gasteiger partial charge in [-0.05, 0) is 30.3 Å². The fourth-order valence-corrected chi connectivity index (χ4v) is 3.68. The van der Waals surface area contributed by atoms with Crippen LogP contribution in [0.4, 0.5) is 8.78 Å². The summed E-state index contributed by atoms with van der Waals surface area (Å²) in [6.45, 7) is 0. The van der Waals surface area contributed by atoms with Crippen molar-refractivity contribution in [1.29, 1.82) is 0 Å². The first-order valence-corrected chi connectivity index (χ1v) is 10.8. The van der Waals surface area contributed by atoms with Gasteiger partial charge in [-0.25, -0.2) is 8.42 Å². The Bertz CT molecular complexity index is 1560. The van der Waals surface area contributed by atoms with Crippen LogP contribution in [0.25, 0.3) is 27.8 Å². The molecule has 156 valence electrons. The van der Waals surface area contributed by atoms with Crippen molar-refractivity contribution in [3.63, 3.8) is 0 Å². The minimum absolute atomic E-state index is 0.122. The van der Waals surface area contributed by atoms with Crippen molar-refractivity contribution in [2.45, 2.75) is 5.92 Å². The SMILES string of the molecule is CS(=O)(=O)n1cc(-c2ccc3nnc(C(F)(F)c4ccc5ncccc5c4)n3n2)cn1. The largest absolute Gasteiger partial charge is 0.333 e. The molecule has 0 aliphatic carbocycles. The highest BCUT2D eigenvalue weighted by Crippen LogP contribution is 2.35. The second kappa shape index (κ2) is 6.60. The number of rotatable bonds is 4. The van der Waals surface area contributed by atoms with Crippen molar-refractivity contribution in [1.82, 2.24) is 34.0 Å². The molecule has 0 amide bonds. The second-order valence-electron chi connectivity index (χ2n) is 6.86. The van der Waals surface area contributed by atoms with Gasteiger partial charge in [0.15, 0.2) is 5.65 Å². The molecule has 0 fully saturated rings. The van der Waals surface area contributed by atoms with E-state index in [9.17, 15) is 8.42 Å². The number of fused-ring (bicyclic) bond motifs is 2. The van der Waals surface area contributed by atoms with Gasteiger partial charge in [-0.2, -0.15) is 27.6 Å². The number of benzene rings is 1. The van der Waals surface area contributed by atoms with E-state index >= 15 is 8.78 Å². The van der Waals surface area contributed by atoms with Crippen LogP contribution in [-0.2, 0) is 15.9 Å². The Balaban J connectivity index is 1.62. The van der Waals surface area contributed by atoms with E-state index in [4.69, 9.17) is 0 Å². The van der Waals surface area contributed by atoms with Crippen molar-refractivity contribution in [2.75, 3.05) is 6.26 Å². The highest BCUT2D eigenvalue weighted by Gasteiger charge is 2.40. The molecular formula is C19H13F2N7O2S. The molecule has 12 heteroatoms. The molecule has 5 aromatic rings. The molecule has 0 saturated carbocycles. The fourth-order valence-electron chi connectivity index (χ4n) is 3.16. The van der Waals surface area contributed by atoms with Crippen LogP contribution in [0.3, 0.4) is 0 Å². The van der Waals surface area contributed by atoms with E-state index in [2.05, 4.69) is 25.4 Å². The van der Waals surface area contributed by atoms with E-state index in [1.165, 1.54) is 42.7 Å². The molecule has 0 saturated heterocycles. The zero-order valence-corrected chi connectivity index (χ0v) is 16.7. The van der Waals surface area contributed by atoms with E-state index in [0.29, 0.717) is 16.5 Å². The monoisotopic (exact) mass is 441 g/mol. The van der Waals surface area contributed by atoms with E-state index in [1.807, 2.05) is 0 Å². The predicted octanol–water partition coefficient (Wildman–Crippen LogP) is 2.48. The summed E-state index contributed by atoms with van der Waals surface area (Å²) in [4.78, 5) is 4.14. The van der Waals surface area contributed by atoms with Gasteiger partial charge in [0, 0.05) is 22.7 Å². The van der Waals surface area contributed by atoms with Crippen LogP contribution in [0.1, 0.15) is 11.4 Å². The van der Waals surface area contributed by atoms with Crippen LogP contribution in [0.15, 0.2) is 61.1 Å². The molecule has 4 aromatic heterocycles. The van der Waals surface area contributed by atoms with Crippen molar-refractivity contribution in [3.05, 3.63) is 72.4 Å². The van der Waals surface area contributed by atoms with E-state index in [-0.39, 0.29) is 16.9 Å². The topological polar surface area (TPSA) is 108 Å². The zero-order chi connectivity index (χ0) is 21.8. The standard InChI is InChI=1S/C19H13F2N7O2S/c1-31(29,30)27-11-13(10-23-27)16-6-7-17-24-25-18(28(17)26-16)19(20,21)14-4-5-15-12(9-14)3-2-8-22-15/h2-11H,1H3. The number of nitrogens with zero attached hydrogens (tertiary/aromatic N) is 7. The third-order valence-corrected chi connectivity index (χ3v) is 5.58. The van der Waals surface area contributed by atoms with E-state index in [1.54, 1.807) is 18.3 Å². The zero-order valence-electron chi connectivity index (χ0n) is 15.9. The Hall–Kier alpha value is -3.80. The third-order valence-electron chi connectivity index (χ3n) is 4.70. The van der Waals surface area contributed by atoms with Crippen LogP contribution >= 0.6 is 0 Å². The van der Waals surface area contributed by atoms with Gasteiger partial charge in [0.1, 0.15) is 0 Å². The van der Waals surface area contributed by atoms with Crippen LogP contribution < -0.4 is 0 Å². The Morgan fingerprint density at radius 1 is 1.06 bits per heavy atom. The van der Waals surface area contributed by atoms with Gasteiger partial charge < -0.3 is 0 Å². The maximum absolute atomic E-state index is 15.4. The Morgan fingerprint density at radius 3 is 2.68 bits per heavy atom. The summed E-state index contributed by atoms with van der Waals surface area (Å²) in [5.41, 5.74) is 1.02. The lowest BCUT2D eigenvalue weighted by molar-refractivity contribution is 0.0307. The quantitative estimate of drug-likeness (QED) is 0.422. The van der Waals surface area contributed by atoms with Crippen LogP contribution in [-0.4, -0.2) is 48.7 Å². The summed E-state index contributed by atoms with van der Waals surface area (Å²) < 4.78 is 55.8. The van der Waals surface area contributed by atoms with Crippen molar-refractivity contribution in [3.8, 4) is 11.3 Å². The lowest BCUT2D eigenvalue weighted by atomic mass is 10.0. The Kier molecular flexibility index (Phi) is 4.09. The molecule has 0 aliphatic heterocycles. The molecule has 0 atom stereocenters. The summed E-state index contributed by atoms with van der Waals surface area (Å²) in [6.07, 6.45) is 5.12. The maximum Gasteiger partial charge on any atom is 0.333 e. The first-order chi connectivity index (χ1) is 14.7. The number of pyridine rings is 1. The fraction of sp³-hybridized carbons (Fsp3) is 0.105. The summed E-state index contributed by atoms with van der Waals surface area (Å²) in [5.74, 6) is -4.16. The highest BCUT2D eigenvalue weighted by atomic mass is 32.2. The molecule has 31 heavy (non-hydrogen) atoms. The van der Waals surface area contributed by atoms with Crippen molar-refractivity contribution < 1.29 is 17.2 Å². The first-order valence-electron chi connectivity index (χ1n) is 8.95. The molecule has 5 rings (SSSR count). The molecule has 4 heterocycles. The molecule has 0 aliphatic rings. The first kappa shape index (κ1) is 19.2. The smallest absolute Gasteiger partial charge is 0.256 e. The number of aromatic nitrogens is 7. The van der Waals surface area contributed by atoms with Gasteiger partial charge in [-0.3, -0.25) is 4.98 Å². The molecule has 0 unspecified atom stereocenters. The molecule has 0 spiro atoms. The minimum atomic E-state index is -3.59. The van der Waals surface area contributed by atoms with Gasteiger partial charge in [0.05, 0.1) is 29.9 Å². The van der Waals surface area contributed by atoms with Crippen LogP contribution in [0.5, 0.6) is 0 Å². The predicted molar refractivity (Wildman–Crippen MR) is 107 cm³/mol. The minimum Gasteiger partial charge on any atom is -0.256 e. The van der Waals surface area contributed by atoms with Crippen LogP contribution in [0.2, 0.25) is 0 Å². The summed E-state index contributed by atoms with van der Waals surface area (Å²) in [6, 6.07) is 10.5. The van der Waals surface area contributed by atoms with Gasteiger partial charge in [-0.15, -0.1) is 10.2 Å². The summed E-state index contributed by atoms with van der Waals surface area (Å²) in [7, 11) is -3.59. The molecule has 9 nitrogen and oxygen atoms in total. The van der Waals surface area contributed by atoms with E-state index in [0.717, 1.165) is 14.9 Å². The normalized spacial score (nSPS) is 12.6. The van der Waals surface area contributed by atoms with Gasteiger partial charge >= 0.3 is 5.92 Å². The van der Waals surface area contributed by atoms with Crippen LogP contribution in [0, 0.1) is 0 Å². The number of alkyl halides is 2. The number of halogens is 2. The van der Waals surface area contributed by atoms with E-state index < -0.39 is 21.8 Å². The second-order valence-corrected chi connectivity index (χ2v) is 8.70. The Morgan fingerprint density at radius 2 is 1.90 bits per heavy atom. The average molecular weight is 441 g/mol. The molecule has 0 bridgehead atoms. The van der Waals surface area contributed by atoms with Gasteiger partial charge in [0.25, 0.3) is 10.0 Å². The average Bonchev–Trinajstić information content (AvgIpc) is 3.40. The Labute approximate surface area is 174 Å². The maximum atomic E-state index is 15.4. The van der Waals surface area contributed by atoms with Gasteiger partial charge in [0.2, 0.25) is 5.82 Å². The lowest BCUT2D eigenvalue weighted by Crippen LogP contribution is -2.20. The number of hydrogen-bond donors (Lipinski definition) is 0. The molecule has 0 radical (unpaired) electrons. The number of hydrogen-bond acceptors (Lipinski definition) is 7. The van der Waals surface area contributed by atoms with Crippen molar-refractivity contribution >= 4 is 26.6 Å². The van der Waals surface area contributed by atoms with Crippen molar-refractivity contribution in [2.24, 2.45) is 0 Å². The lowest BCUT2D eigenvalue weighted by Gasteiger charge is -2.15. The molecule has 1 aromatic carbocycles. The molecule has 0 N–H and O–H groups in total.